The predicted molar refractivity (Wildman–Crippen MR) is 98.7 cm³/mol. The van der Waals surface area contributed by atoms with Crippen molar-refractivity contribution in [3.05, 3.63) is 6.33 Å². The van der Waals surface area contributed by atoms with E-state index in [1.54, 1.807) is 6.33 Å². The highest BCUT2D eigenvalue weighted by atomic mass is 16.5. The van der Waals surface area contributed by atoms with Crippen molar-refractivity contribution in [3.8, 4) is 0 Å². The number of rotatable bonds is 4. The average molecular weight is 347 g/mol. The molecule has 7 heteroatoms. The van der Waals surface area contributed by atoms with Crippen molar-refractivity contribution in [2.45, 2.75) is 45.4 Å². The lowest BCUT2D eigenvalue weighted by molar-refractivity contribution is -0.148. The normalized spacial score (nSPS) is 19.6. The van der Waals surface area contributed by atoms with Gasteiger partial charge in [-0.25, -0.2) is 9.97 Å². The zero-order valence-corrected chi connectivity index (χ0v) is 15.1. The van der Waals surface area contributed by atoms with Gasteiger partial charge >= 0.3 is 5.97 Å². The van der Waals surface area contributed by atoms with Crippen LogP contribution in [0.5, 0.6) is 0 Å². The minimum atomic E-state index is -0.0805. The Balaban J connectivity index is 1.69. The monoisotopic (exact) mass is 347 g/mol. The number of anilines is 3. The first kappa shape index (κ1) is 17.8. The number of aromatic nitrogens is 2. The summed E-state index contributed by atoms with van der Waals surface area (Å²) in [5, 5.41) is 0. The molecule has 25 heavy (non-hydrogen) atoms. The highest BCUT2D eigenvalue weighted by molar-refractivity contribution is 5.77. The number of esters is 1. The summed E-state index contributed by atoms with van der Waals surface area (Å²) in [6.45, 7) is 5.83. The summed E-state index contributed by atoms with van der Waals surface area (Å²) in [7, 11) is 0. The second-order valence-corrected chi connectivity index (χ2v) is 6.85. The van der Waals surface area contributed by atoms with Crippen LogP contribution in [-0.4, -0.2) is 48.7 Å². The number of nitrogen functional groups attached to an aromatic ring is 1. The highest BCUT2D eigenvalue weighted by Gasteiger charge is 2.28. The second-order valence-electron chi connectivity index (χ2n) is 6.85. The number of hydrogen-bond donors (Lipinski definition) is 1. The van der Waals surface area contributed by atoms with Gasteiger partial charge in [-0.1, -0.05) is 12.8 Å². The number of piperidine rings is 1. The molecule has 2 N–H and O–H groups in total. The summed E-state index contributed by atoms with van der Waals surface area (Å²) in [4.78, 5) is 25.3. The van der Waals surface area contributed by atoms with Crippen LogP contribution in [0.25, 0.3) is 0 Å². The molecule has 0 radical (unpaired) electrons. The number of ether oxygens (including phenoxy) is 1. The number of hydrogen-bond acceptors (Lipinski definition) is 7. The average Bonchev–Trinajstić information content (AvgIpc) is 2.92. The SMILES string of the molecule is CCOC(=O)C1CCN(c2ncnc(N3CCCCCC3)c2N)CC1. The number of nitrogens with two attached hydrogens (primary N) is 1. The summed E-state index contributed by atoms with van der Waals surface area (Å²) >= 11 is 0. The van der Waals surface area contributed by atoms with Crippen LogP contribution < -0.4 is 15.5 Å². The lowest BCUT2D eigenvalue weighted by Crippen LogP contribution is -2.38. The minimum absolute atomic E-state index is 0.00987. The van der Waals surface area contributed by atoms with Gasteiger partial charge in [-0.15, -0.1) is 0 Å². The van der Waals surface area contributed by atoms with E-state index >= 15 is 0 Å². The van der Waals surface area contributed by atoms with E-state index in [1.807, 2.05) is 6.92 Å². The Morgan fingerprint density at radius 1 is 1.08 bits per heavy atom. The maximum Gasteiger partial charge on any atom is 0.309 e. The van der Waals surface area contributed by atoms with Crippen LogP contribution >= 0.6 is 0 Å². The van der Waals surface area contributed by atoms with Crippen molar-refractivity contribution in [1.82, 2.24) is 9.97 Å². The first-order valence-electron chi connectivity index (χ1n) is 9.47. The van der Waals surface area contributed by atoms with E-state index in [2.05, 4.69) is 19.8 Å². The molecule has 0 atom stereocenters. The van der Waals surface area contributed by atoms with Crippen LogP contribution in [0.1, 0.15) is 45.4 Å². The van der Waals surface area contributed by atoms with E-state index in [1.165, 1.54) is 25.7 Å². The molecule has 1 aromatic heterocycles. The third-order valence-corrected chi connectivity index (χ3v) is 5.16. The van der Waals surface area contributed by atoms with Crippen molar-refractivity contribution >= 4 is 23.3 Å². The fourth-order valence-electron chi connectivity index (χ4n) is 3.75. The predicted octanol–water partition coefficient (Wildman–Crippen LogP) is 2.22. The third-order valence-electron chi connectivity index (χ3n) is 5.16. The van der Waals surface area contributed by atoms with Gasteiger partial charge in [0, 0.05) is 26.2 Å². The van der Waals surface area contributed by atoms with Crippen molar-refractivity contribution in [2.24, 2.45) is 5.92 Å². The molecule has 0 spiro atoms. The largest absolute Gasteiger partial charge is 0.466 e. The number of nitrogens with zero attached hydrogens (tertiary/aromatic N) is 4. The fourth-order valence-corrected chi connectivity index (χ4v) is 3.75. The number of carbonyl (C=O) groups is 1. The zero-order valence-electron chi connectivity index (χ0n) is 15.1. The summed E-state index contributed by atoms with van der Waals surface area (Å²) in [5.41, 5.74) is 7.10. The smallest absolute Gasteiger partial charge is 0.309 e. The standard InChI is InChI=1S/C18H29N5O2/c1-2-25-18(24)14-7-11-23(12-8-14)17-15(19)16(20-13-21-17)22-9-5-3-4-6-10-22/h13-14H,2-12,19H2,1H3. The molecule has 2 fully saturated rings. The van der Waals surface area contributed by atoms with Gasteiger partial charge in [0.05, 0.1) is 12.5 Å². The lowest BCUT2D eigenvalue weighted by atomic mass is 9.97. The van der Waals surface area contributed by atoms with Gasteiger partial charge in [-0.2, -0.15) is 0 Å². The molecule has 7 nitrogen and oxygen atoms in total. The Morgan fingerprint density at radius 2 is 1.64 bits per heavy atom. The van der Waals surface area contributed by atoms with E-state index in [0.29, 0.717) is 12.3 Å². The summed E-state index contributed by atoms with van der Waals surface area (Å²) in [6, 6.07) is 0. The van der Waals surface area contributed by atoms with Gasteiger partial charge < -0.3 is 20.3 Å². The van der Waals surface area contributed by atoms with Crippen LogP contribution in [-0.2, 0) is 9.53 Å². The molecule has 2 saturated heterocycles. The fraction of sp³-hybridized carbons (Fsp3) is 0.722. The molecule has 3 heterocycles. The molecule has 3 rings (SSSR count). The molecule has 0 saturated carbocycles. The van der Waals surface area contributed by atoms with Crippen LogP contribution in [0.4, 0.5) is 17.3 Å². The van der Waals surface area contributed by atoms with Crippen molar-refractivity contribution in [1.29, 1.82) is 0 Å². The first-order valence-corrected chi connectivity index (χ1v) is 9.47. The Morgan fingerprint density at radius 3 is 2.20 bits per heavy atom. The molecule has 0 unspecified atom stereocenters. The van der Waals surface area contributed by atoms with Gasteiger partial charge in [0.2, 0.25) is 0 Å². The van der Waals surface area contributed by atoms with Crippen LogP contribution in [0, 0.1) is 5.92 Å². The summed E-state index contributed by atoms with van der Waals surface area (Å²) in [6.07, 6.45) is 8.09. The van der Waals surface area contributed by atoms with Gasteiger partial charge in [-0.05, 0) is 32.6 Å². The molecule has 0 amide bonds. The van der Waals surface area contributed by atoms with Crippen LogP contribution in [0.3, 0.4) is 0 Å². The van der Waals surface area contributed by atoms with Gasteiger partial charge in [-0.3, -0.25) is 4.79 Å². The van der Waals surface area contributed by atoms with Gasteiger partial charge in [0.15, 0.2) is 11.6 Å². The van der Waals surface area contributed by atoms with E-state index in [4.69, 9.17) is 10.5 Å². The van der Waals surface area contributed by atoms with Crippen molar-refractivity contribution in [3.63, 3.8) is 0 Å². The third kappa shape index (κ3) is 4.14. The van der Waals surface area contributed by atoms with E-state index in [9.17, 15) is 4.79 Å². The maximum atomic E-state index is 11.9. The van der Waals surface area contributed by atoms with Gasteiger partial charge in [0.1, 0.15) is 12.0 Å². The Labute approximate surface area is 149 Å². The molecule has 138 valence electrons. The van der Waals surface area contributed by atoms with E-state index < -0.39 is 0 Å². The Kier molecular flexibility index (Phi) is 5.94. The molecule has 0 aliphatic carbocycles. The van der Waals surface area contributed by atoms with Crippen LogP contribution in [0.2, 0.25) is 0 Å². The van der Waals surface area contributed by atoms with Gasteiger partial charge in [0.25, 0.3) is 0 Å². The van der Waals surface area contributed by atoms with E-state index in [-0.39, 0.29) is 11.9 Å². The highest BCUT2D eigenvalue weighted by Crippen LogP contribution is 2.32. The zero-order chi connectivity index (χ0) is 17.6. The topological polar surface area (TPSA) is 84.6 Å². The van der Waals surface area contributed by atoms with Crippen molar-refractivity contribution < 1.29 is 9.53 Å². The maximum absolute atomic E-state index is 11.9. The van der Waals surface area contributed by atoms with E-state index in [0.717, 1.165) is 50.7 Å². The molecule has 0 aromatic carbocycles. The minimum Gasteiger partial charge on any atom is -0.466 e. The Bertz CT molecular complexity index is 579. The first-order chi connectivity index (χ1) is 12.2. The van der Waals surface area contributed by atoms with Crippen molar-refractivity contribution in [2.75, 3.05) is 48.3 Å². The van der Waals surface area contributed by atoms with Crippen LogP contribution in [0.15, 0.2) is 6.33 Å². The molecule has 2 aliphatic heterocycles. The summed E-state index contributed by atoms with van der Waals surface area (Å²) < 4.78 is 5.14. The lowest BCUT2D eigenvalue weighted by Gasteiger charge is -2.33. The molecule has 2 aliphatic rings. The molecule has 0 bridgehead atoms. The Hall–Kier alpha value is -2.05. The molecule has 1 aromatic rings. The quantitative estimate of drug-likeness (QED) is 0.836. The number of carbonyl (C=O) groups excluding carboxylic acids is 1. The second kappa shape index (κ2) is 8.36. The molecular weight excluding hydrogens is 318 g/mol. The summed E-state index contributed by atoms with van der Waals surface area (Å²) in [5.74, 6) is 1.57. The molecular formula is C18H29N5O2.